The fourth-order valence-corrected chi connectivity index (χ4v) is 4.09. The maximum absolute atomic E-state index is 11.9. The fraction of sp³-hybridized carbons (Fsp3) is 0.909. The molecule has 1 amide bonds. The van der Waals surface area contributed by atoms with Crippen LogP contribution in [0.3, 0.4) is 0 Å². The second-order valence-corrected chi connectivity index (χ2v) is 7.98. The zero-order valence-corrected chi connectivity index (χ0v) is 12.1. The molecular weight excluding hydrogens is 258 g/mol. The summed E-state index contributed by atoms with van der Waals surface area (Å²) in [5.41, 5.74) is 0. The second-order valence-electron chi connectivity index (χ2n) is 4.61. The monoisotopic (exact) mass is 279 g/mol. The summed E-state index contributed by atoms with van der Waals surface area (Å²) in [5.74, 6) is 1.21. The van der Waals surface area contributed by atoms with Crippen LogP contribution in [0, 0.1) is 0 Å². The predicted octanol–water partition coefficient (Wildman–Crippen LogP) is 1.17. The van der Waals surface area contributed by atoms with Crippen molar-refractivity contribution in [1.82, 2.24) is 4.90 Å². The standard InChI is InChI=1S/C11H21NO3S2/c1-10-5-3-4-6-12(10)11(13)9-16-7-8-17(2,14)15/h10H,3-9H2,1-2H3/t10-/m0/s1. The predicted molar refractivity (Wildman–Crippen MR) is 72.1 cm³/mol. The van der Waals surface area contributed by atoms with E-state index >= 15 is 0 Å². The van der Waals surface area contributed by atoms with Crippen LogP contribution in [0.2, 0.25) is 0 Å². The molecule has 4 nitrogen and oxygen atoms in total. The van der Waals surface area contributed by atoms with Crippen LogP contribution in [0.4, 0.5) is 0 Å². The lowest BCUT2D eigenvalue weighted by atomic mass is 10.0. The molecule has 0 aromatic rings. The Kier molecular flexibility index (Phi) is 5.79. The minimum absolute atomic E-state index is 0.149. The summed E-state index contributed by atoms with van der Waals surface area (Å²) in [5, 5.41) is 0. The lowest BCUT2D eigenvalue weighted by Crippen LogP contribution is -2.43. The normalized spacial score (nSPS) is 21.5. The van der Waals surface area contributed by atoms with Crippen LogP contribution in [-0.2, 0) is 14.6 Å². The van der Waals surface area contributed by atoms with Gasteiger partial charge in [0.1, 0.15) is 9.84 Å². The van der Waals surface area contributed by atoms with Crippen molar-refractivity contribution in [2.75, 3.05) is 30.1 Å². The summed E-state index contributed by atoms with van der Waals surface area (Å²) in [7, 11) is -2.90. The van der Waals surface area contributed by atoms with Gasteiger partial charge < -0.3 is 4.90 Å². The molecule has 1 aliphatic rings. The molecule has 1 atom stereocenters. The summed E-state index contributed by atoms with van der Waals surface area (Å²) in [6, 6.07) is 0.340. The average molecular weight is 279 g/mol. The molecule has 0 spiro atoms. The van der Waals surface area contributed by atoms with Gasteiger partial charge >= 0.3 is 0 Å². The molecule has 6 heteroatoms. The molecule has 0 aliphatic carbocycles. The van der Waals surface area contributed by atoms with Crippen molar-refractivity contribution in [2.45, 2.75) is 32.2 Å². The Labute approximate surface area is 108 Å². The van der Waals surface area contributed by atoms with Gasteiger partial charge in [0.15, 0.2) is 0 Å². The van der Waals surface area contributed by atoms with Gasteiger partial charge in [-0.05, 0) is 26.2 Å². The quantitative estimate of drug-likeness (QED) is 0.709. The Morgan fingerprint density at radius 3 is 2.71 bits per heavy atom. The number of nitrogens with zero attached hydrogens (tertiary/aromatic N) is 1. The molecule has 1 heterocycles. The van der Waals surface area contributed by atoms with E-state index in [-0.39, 0.29) is 11.7 Å². The average Bonchev–Trinajstić information content (AvgIpc) is 2.23. The highest BCUT2D eigenvalue weighted by molar-refractivity contribution is 8.01. The third-order valence-corrected chi connectivity index (χ3v) is 5.10. The summed E-state index contributed by atoms with van der Waals surface area (Å²) in [6.07, 6.45) is 4.60. The van der Waals surface area contributed by atoms with Gasteiger partial charge in [-0.25, -0.2) is 8.42 Å². The minimum Gasteiger partial charge on any atom is -0.339 e. The van der Waals surface area contributed by atoms with Crippen LogP contribution < -0.4 is 0 Å². The lowest BCUT2D eigenvalue weighted by Gasteiger charge is -2.33. The number of carbonyl (C=O) groups excluding carboxylic acids is 1. The van der Waals surface area contributed by atoms with E-state index in [1.165, 1.54) is 24.4 Å². The van der Waals surface area contributed by atoms with Gasteiger partial charge in [-0.1, -0.05) is 0 Å². The topological polar surface area (TPSA) is 54.5 Å². The van der Waals surface area contributed by atoms with Crippen molar-refractivity contribution in [3.63, 3.8) is 0 Å². The molecule has 1 rings (SSSR count). The highest BCUT2D eigenvalue weighted by atomic mass is 32.2. The maximum atomic E-state index is 11.9. The van der Waals surface area contributed by atoms with Gasteiger partial charge in [-0.3, -0.25) is 4.79 Å². The third kappa shape index (κ3) is 5.77. The largest absolute Gasteiger partial charge is 0.339 e. The van der Waals surface area contributed by atoms with E-state index in [9.17, 15) is 13.2 Å². The van der Waals surface area contributed by atoms with Crippen LogP contribution in [0.5, 0.6) is 0 Å². The molecule has 100 valence electrons. The number of amides is 1. The van der Waals surface area contributed by atoms with Crippen molar-refractivity contribution in [2.24, 2.45) is 0 Å². The van der Waals surface area contributed by atoms with Crippen LogP contribution in [0.1, 0.15) is 26.2 Å². The highest BCUT2D eigenvalue weighted by Gasteiger charge is 2.22. The molecule has 0 saturated carbocycles. The van der Waals surface area contributed by atoms with E-state index in [1.54, 1.807) is 0 Å². The number of carbonyl (C=O) groups is 1. The van der Waals surface area contributed by atoms with Crippen LogP contribution in [-0.4, -0.2) is 55.3 Å². The Morgan fingerprint density at radius 1 is 1.41 bits per heavy atom. The number of piperidine rings is 1. The summed E-state index contributed by atoms with van der Waals surface area (Å²) >= 11 is 1.41. The van der Waals surface area contributed by atoms with Crippen molar-refractivity contribution >= 4 is 27.5 Å². The van der Waals surface area contributed by atoms with Gasteiger partial charge in [0.2, 0.25) is 5.91 Å². The maximum Gasteiger partial charge on any atom is 0.232 e. The summed E-state index contributed by atoms with van der Waals surface area (Å²) in [6.45, 7) is 2.94. The molecule has 0 aromatic carbocycles. The first-order valence-electron chi connectivity index (χ1n) is 5.95. The van der Waals surface area contributed by atoms with Gasteiger partial charge in [0.05, 0.1) is 11.5 Å². The van der Waals surface area contributed by atoms with E-state index in [4.69, 9.17) is 0 Å². The first-order valence-corrected chi connectivity index (χ1v) is 9.16. The van der Waals surface area contributed by atoms with Crippen LogP contribution >= 0.6 is 11.8 Å². The molecular formula is C11H21NO3S2. The van der Waals surface area contributed by atoms with Crippen LogP contribution in [0.15, 0.2) is 0 Å². The zero-order chi connectivity index (χ0) is 12.9. The molecule has 0 unspecified atom stereocenters. The molecule has 0 N–H and O–H groups in total. The number of hydrogen-bond acceptors (Lipinski definition) is 4. The Morgan fingerprint density at radius 2 is 2.12 bits per heavy atom. The Bertz CT molecular complexity index is 354. The molecule has 1 saturated heterocycles. The van der Waals surface area contributed by atoms with Crippen molar-refractivity contribution in [3.05, 3.63) is 0 Å². The van der Waals surface area contributed by atoms with Crippen molar-refractivity contribution in [3.8, 4) is 0 Å². The number of thioether (sulfide) groups is 1. The van der Waals surface area contributed by atoms with Crippen molar-refractivity contribution in [1.29, 1.82) is 0 Å². The van der Waals surface area contributed by atoms with Gasteiger partial charge in [-0.2, -0.15) is 11.8 Å². The molecule has 0 aromatic heterocycles. The van der Waals surface area contributed by atoms with E-state index in [0.717, 1.165) is 19.4 Å². The van der Waals surface area contributed by atoms with Gasteiger partial charge in [-0.15, -0.1) is 0 Å². The number of rotatable bonds is 5. The Hall–Kier alpha value is -0.230. The van der Waals surface area contributed by atoms with E-state index in [2.05, 4.69) is 6.92 Å². The van der Waals surface area contributed by atoms with Gasteiger partial charge in [0.25, 0.3) is 0 Å². The van der Waals surface area contributed by atoms with E-state index in [0.29, 0.717) is 17.5 Å². The molecule has 17 heavy (non-hydrogen) atoms. The van der Waals surface area contributed by atoms with Gasteiger partial charge in [0, 0.05) is 24.6 Å². The minimum atomic E-state index is -2.90. The third-order valence-electron chi connectivity index (χ3n) is 2.95. The summed E-state index contributed by atoms with van der Waals surface area (Å²) in [4.78, 5) is 13.8. The first kappa shape index (κ1) is 14.8. The van der Waals surface area contributed by atoms with Crippen LogP contribution in [0.25, 0.3) is 0 Å². The molecule has 1 aliphatic heterocycles. The molecule has 0 radical (unpaired) electrons. The second kappa shape index (κ2) is 6.64. The SMILES string of the molecule is C[C@H]1CCCCN1C(=O)CSCCS(C)(=O)=O. The molecule has 1 fully saturated rings. The first-order chi connectivity index (χ1) is 7.90. The number of sulfone groups is 1. The van der Waals surface area contributed by atoms with E-state index in [1.807, 2.05) is 4.90 Å². The lowest BCUT2D eigenvalue weighted by molar-refractivity contribution is -0.131. The highest BCUT2D eigenvalue weighted by Crippen LogP contribution is 2.17. The van der Waals surface area contributed by atoms with Crippen molar-refractivity contribution < 1.29 is 13.2 Å². The zero-order valence-electron chi connectivity index (χ0n) is 10.5. The Balaban J connectivity index is 2.24. The van der Waals surface area contributed by atoms with E-state index < -0.39 is 9.84 Å². The fourth-order valence-electron chi connectivity index (χ4n) is 1.92. The smallest absolute Gasteiger partial charge is 0.232 e. The number of likely N-dealkylation sites (tertiary alicyclic amines) is 1. The number of hydrogen-bond donors (Lipinski definition) is 0. The molecule has 0 bridgehead atoms. The summed E-state index contributed by atoms with van der Waals surface area (Å²) < 4.78 is 21.8.